The molecular formula is C15H19N3. The number of hydrogen-bond donors (Lipinski definition) is 1. The molecule has 0 aliphatic heterocycles. The number of unbranched alkanes of at least 4 members (excludes halogenated alkanes) is 1. The monoisotopic (exact) mass is 241 g/mol. The van der Waals surface area contributed by atoms with Crippen molar-refractivity contribution in [3.05, 3.63) is 29.3 Å². The van der Waals surface area contributed by atoms with Gasteiger partial charge in [-0.1, -0.05) is 26.7 Å². The Morgan fingerprint density at radius 3 is 2.44 bits per heavy atom. The Morgan fingerprint density at radius 2 is 1.89 bits per heavy atom. The van der Waals surface area contributed by atoms with Crippen LogP contribution in [0.4, 0.5) is 5.69 Å². The summed E-state index contributed by atoms with van der Waals surface area (Å²) in [6, 6.07) is 9.85. The van der Waals surface area contributed by atoms with Gasteiger partial charge in [0.2, 0.25) is 0 Å². The van der Waals surface area contributed by atoms with Gasteiger partial charge in [0.1, 0.15) is 12.1 Å². The fraction of sp³-hybridized carbons (Fsp3) is 0.467. The smallest absolute Gasteiger partial charge is 0.101 e. The van der Waals surface area contributed by atoms with Crippen LogP contribution in [0.5, 0.6) is 0 Å². The molecule has 0 aliphatic rings. The van der Waals surface area contributed by atoms with Crippen LogP contribution in [-0.4, -0.2) is 6.04 Å². The van der Waals surface area contributed by atoms with Crippen molar-refractivity contribution in [2.45, 2.75) is 45.6 Å². The standard InChI is InChI=1S/C15H19N3/c1-3-5-6-14(4-2)18-15-8-7-12(10-16)13(9-15)11-17/h7-9,14,18H,3-6H2,1-2H3. The van der Waals surface area contributed by atoms with Crippen LogP contribution in [0, 0.1) is 22.7 Å². The van der Waals surface area contributed by atoms with Crippen LogP contribution in [0.1, 0.15) is 50.7 Å². The Labute approximate surface area is 109 Å². The number of nitrogens with one attached hydrogen (secondary N) is 1. The van der Waals surface area contributed by atoms with E-state index >= 15 is 0 Å². The third-order valence-electron chi connectivity index (χ3n) is 3.03. The van der Waals surface area contributed by atoms with E-state index in [1.165, 1.54) is 12.8 Å². The van der Waals surface area contributed by atoms with Gasteiger partial charge in [0.25, 0.3) is 0 Å². The van der Waals surface area contributed by atoms with Gasteiger partial charge in [0, 0.05) is 11.7 Å². The van der Waals surface area contributed by atoms with E-state index in [0.29, 0.717) is 17.2 Å². The van der Waals surface area contributed by atoms with Gasteiger partial charge in [-0.15, -0.1) is 0 Å². The predicted octanol–water partition coefficient (Wildman–Crippen LogP) is 3.81. The molecule has 3 heteroatoms. The summed E-state index contributed by atoms with van der Waals surface area (Å²) in [4.78, 5) is 0. The van der Waals surface area contributed by atoms with Crippen molar-refractivity contribution in [3.63, 3.8) is 0 Å². The second-order valence-corrected chi connectivity index (χ2v) is 4.38. The van der Waals surface area contributed by atoms with E-state index in [-0.39, 0.29) is 0 Å². The van der Waals surface area contributed by atoms with E-state index in [1.807, 2.05) is 12.1 Å². The molecule has 0 spiro atoms. The average Bonchev–Trinajstić information content (AvgIpc) is 2.43. The SMILES string of the molecule is CCCCC(CC)Nc1ccc(C#N)c(C#N)c1. The first kappa shape index (κ1) is 14.1. The summed E-state index contributed by atoms with van der Waals surface area (Å²) in [6.07, 6.45) is 4.58. The highest BCUT2D eigenvalue weighted by Gasteiger charge is 2.07. The van der Waals surface area contributed by atoms with Crippen molar-refractivity contribution in [2.75, 3.05) is 5.32 Å². The summed E-state index contributed by atoms with van der Waals surface area (Å²) in [5, 5.41) is 21.3. The molecule has 18 heavy (non-hydrogen) atoms. The summed E-state index contributed by atoms with van der Waals surface area (Å²) in [5.74, 6) is 0. The Morgan fingerprint density at radius 1 is 1.17 bits per heavy atom. The van der Waals surface area contributed by atoms with E-state index in [4.69, 9.17) is 10.5 Å². The van der Waals surface area contributed by atoms with Crippen LogP contribution in [0.2, 0.25) is 0 Å². The quantitative estimate of drug-likeness (QED) is 0.823. The van der Waals surface area contributed by atoms with E-state index in [1.54, 1.807) is 12.1 Å². The van der Waals surface area contributed by atoms with E-state index in [9.17, 15) is 0 Å². The molecule has 0 aromatic heterocycles. The van der Waals surface area contributed by atoms with Crippen molar-refractivity contribution in [3.8, 4) is 12.1 Å². The molecule has 0 heterocycles. The molecule has 0 fully saturated rings. The molecule has 0 saturated heterocycles. The van der Waals surface area contributed by atoms with Gasteiger partial charge in [-0.05, 0) is 31.0 Å². The van der Waals surface area contributed by atoms with Gasteiger partial charge < -0.3 is 5.32 Å². The lowest BCUT2D eigenvalue weighted by Gasteiger charge is -2.18. The zero-order valence-electron chi connectivity index (χ0n) is 11.0. The average molecular weight is 241 g/mol. The minimum absolute atomic E-state index is 0.435. The van der Waals surface area contributed by atoms with Crippen molar-refractivity contribution in [2.24, 2.45) is 0 Å². The van der Waals surface area contributed by atoms with Crippen molar-refractivity contribution in [1.82, 2.24) is 0 Å². The summed E-state index contributed by atoms with van der Waals surface area (Å²) >= 11 is 0. The molecule has 0 aliphatic carbocycles. The van der Waals surface area contributed by atoms with E-state index in [0.717, 1.165) is 18.5 Å². The molecule has 1 atom stereocenters. The lowest BCUT2D eigenvalue weighted by atomic mass is 10.1. The number of rotatable bonds is 6. The van der Waals surface area contributed by atoms with Gasteiger partial charge in [-0.3, -0.25) is 0 Å². The Bertz CT molecular complexity index is 466. The van der Waals surface area contributed by atoms with E-state index < -0.39 is 0 Å². The second kappa shape index (κ2) is 7.35. The van der Waals surface area contributed by atoms with Crippen LogP contribution >= 0.6 is 0 Å². The number of nitrogens with zero attached hydrogens (tertiary/aromatic N) is 2. The van der Waals surface area contributed by atoms with E-state index in [2.05, 4.69) is 25.2 Å². The molecule has 0 saturated carbocycles. The molecule has 1 N–H and O–H groups in total. The largest absolute Gasteiger partial charge is 0.382 e. The molecule has 3 nitrogen and oxygen atoms in total. The Kier molecular flexibility index (Phi) is 5.74. The zero-order chi connectivity index (χ0) is 13.4. The molecule has 0 bridgehead atoms. The lowest BCUT2D eigenvalue weighted by Crippen LogP contribution is -2.18. The summed E-state index contributed by atoms with van der Waals surface area (Å²) in [7, 11) is 0. The second-order valence-electron chi connectivity index (χ2n) is 4.38. The van der Waals surface area contributed by atoms with Crippen molar-refractivity contribution < 1.29 is 0 Å². The fourth-order valence-corrected chi connectivity index (χ4v) is 1.89. The highest BCUT2D eigenvalue weighted by molar-refractivity contribution is 5.56. The molecule has 0 radical (unpaired) electrons. The number of anilines is 1. The lowest BCUT2D eigenvalue weighted by molar-refractivity contribution is 0.593. The minimum Gasteiger partial charge on any atom is -0.382 e. The Balaban J connectivity index is 2.79. The summed E-state index contributed by atoms with van der Waals surface area (Å²) in [5.41, 5.74) is 1.80. The fourth-order valence-electron chi connectivity index (χ4n) is 1.89. The van der Waals surface area contributed by atoms with Gasteiger partial charge in [-0.2, -0.15) is 10.5 Å². The predicted molar refractivity (Wildman–Crippen MR) is 73.1 cm³/mol. The van der Waals surface area contributed by atoms with Crippen LogP contribution in [0.3, 0.4) is 0 Å². The van der Waals surface area contributed by atoms with Crippen molar-refractivity contribution in [1.29, 1.82) is 10.5 Å². The van der Waals surface area contributed by atoms with Crippen LogP contribution in [0.15, 0.2) is 18.2 Å². The van der Waals surface area contributed by atoms with Crippen LogP contribution < -0.4 is 5.32 Å². The highest BCUT2D eigenvalue weighted by Crippen LogP contribution is 2.18. The molecule has 1 rings (SSSR count). The molecule has 94 valence electrons. The molecular weight excluding hydrogens is 222 g/mol. The first-order valence-electron chi connectivity index (χ1n) is 6.45. The Hall–Kier alpha value is -2.00. The first-order chi connectivity index (χ1) is 8.74. The summed E-state index contributed by atoms with van der Waals surface area (Å²) in [6.45, 7) is 4.34. The van der Waals surface area contributed by atoms with Crippen LogP contribution in [0.25, 0.3) is 0 Å². The maximum Gasteiger partial charge on any atom is 0.101 e. The zero-order valence-corrected chi connectivity index (χ0v) is 11.0. The molecule has 0 amide bonds. The highest BCUT2D eigenvalue weighted by atomic mass is 14.9. The van der Waals surface area contributed by atoms with Gasteiger partial charge in [0.05, 0.1) is 11.1 Å². The molecule has 1 aromatic carbocycles. The van der Waals surface area contributed by atoms with Crippen molar-refractivity contribution >= 4 is 5.69 Å². The maximum absolute atomic E-state index is 8.98. The topological polar surface area (TPSA) is 59.6 Å². The van der Waals surface area contributed by atoms with Gasteiger partial charge in [-0.25, -0.2) is 0 Å². The third-order valence-corrected chi connectivity index (χ3v) is 3.03. The maximum atomic E-state index is 8.98. The molecule has 1 unspecified atom stereocenters. The minimum atomic E-state index is 0.435. The number of nitriles is 2. The van der Waals surface area contributed by atoms with Gasteiger partial charge in [0.15, 0.2) is 0 Å². The summed E-state index contributed by atoms with van der Waals surface area (Å²) < 4.78 is 0. The number of hydrogen-bond acceptors (Lipinski definition) is 3. The first-order valence-corrected chi connectivity index (χ1v) is 6.45. The number of benzene rings is 1. The third kappa shape index (κ3) is 3.79. The van der Waals surface area contributed by atoms with Crippen LogP contribution in [-0.2, 0) is 0 Å². The normalized spacial score (nSPS) is 11.3. The molecule has 1 aromatic rings. The van der Waals surface area contributed by atoms with Gasteiger partial charge >= 0.3 is 0 Å².